The van der Waals surface area contributed by atoms with Crippen LogP contribution in [-0.2, 0) is 41.8 Å². The summed E-state index contributed by atoms with van der Waals surface area (Å²) < 4.78 is 47.6. The number of aliphatic hydroxyl groups excluding tert-OH is 2. The normalized spacial score (nSPS) is 15.7. The van der Waals surface area contributed by atoms with E-state index in [1.165, 1.54) is 32.1 Å². The molecule has 16 heteroatoms. The predicted molar refractivity (Wildman–Crippen MR) is 222 cm³/mol. The minimum absolute atomic E-state index is 0.107. The fraction of sp³-hybridized carbons (Fsp3) is 0.756. The maximum atomic E-state index is 12.6. The number of phosphoric ester groups is 2. The van der Waals surface area contributed by atoms with Gasteiger partial charge in [0.2, 0.25) is 0 Å². The number of carbonyl (C=O) groups excluding carboxylic acids is 2. The van der Waals surface area contributed by atoms with E-state index in [2.05, 4.69) is 59.4 Å². The molecular formula is C41H74O14P2. The molecule has 14 nitrogen and oxygen atoms in total. The van der Waals surface area contributed by atoms with E-state index in [9.17, 15) is 33.8 Å². The number of allylic oxidation sites excluding steroid dienone is 8. The molecule has 5 N–H and O–H groups in total. The molecule has 0 spiro atoms. The predicted octanol–water partition coefficient (Wildman–Crippen LogP) is 9.11. The molecule has 0 rings (SSSR count). The van der Waals surface area contributed by atoms with Crippen molar-refractivity contribution in [1.29, 1.82) is 0 Å². The molecule has 0 aliphatic rings. The topological polar surface area (TPSA) is 216 Å². The van der Waals surface area contributed by atoms with Crippen molar-refractivity contribution in [2.75, 3.05) is 26.4 Å². The first-order chi connectivity index (χ1) is 27.1. The SMILES string of the molecule is CCC(C)CCCCCCCCCCC(=O)O[C@H](COC(=O)CCC/C=C\C/C=C\C/C=C\C/C=C\CCC[C@@H](C)O)COP(=O)(O)OC[C@@H](O)COP(=O)(O)O. The third-order valence-corrected chi connectivity index (χ3v) is 10.2. The monoisotopic (exact) mass is 852 g/mol. The quantitative estimate of drug-likeness (QED) is 0.0170. The number of phosphoric acid groups is 2. The van der Waals surface area contributed by atoms with Crippen molar-refractivity contribution in [2.45, 2.75) is 167 Å². The first-order valence-corrected chi connectivity index (χ1v) is 23.8. The van der Waals surface area contributed by atoms with E-state index in [0.29, 0.717) is 19.3 Å². The Morgan fingerprint density at radius 2 is 1.07 bits per heavy atom. The minimum atomic E-state index is -4.87. The Labute approximate surface area is 342 Å². The van der Waals surface area contributed by atoms with E-state index in [4.69, 9.17) is 23.8 Å². The average Bonchev–Trinajstić information content (AvgIpc) is 3.15. The van der Waals surface area contributed by atoms with Crippen molar-refractivity contribution in [1.82, 2.24) is 0 Å². The molecule has 5 atom stereocenters. The van der Waals surface area contributed by atoms with Crippen molar-refractivity contribution in [3.63, 3.8) is 0 Å². The van der Waals surface area contributed by atoms with E-state index in [-0.39, 0.29) is 18.9 Å². The van der Waals surface area contributed by atoms with E-state index in [1.54, 1.807) is 6.92 Å². The van der Waals surface area contributed by atoms with Crippen molar-refractivity contribution >= 4 is 27.6 Å². The molecule has 0 aromatic carbocycles. The van der Waals surface area contributed by atoms with Crippen molar-refractivity contribution < 1.29 is 66.7 Å². The van der Waals surface area contributed by atoms with Crippen LogP contribution in [0.4, 0.5) is 0 Å². The third kappa shape index (κ3) is 40.6. The molecule has 57 heavy (non-hydrogen) atoms. The van der Waals surface area contributed by atoms with Crippen LogP contribution in [0.1, 0.15) is 149 Å². The molecule has 0 aliphatic heterocycles. The summed E-state index contributed by atoms with van der Waals surface area (Å²) in [5.41, 5.74) is 0. The Morgan fingerprint density at radius 3 is 1.63 bits per heavy atom. The minimum Gasteiger partial charge on any atom is -0.462 e. The van der Waals surface area contributed by atoms with Crippen molar-refractivity contribution in [3.8, 4) is 0 Å². The zero-order valence-electron chi connectivity index (χ0n) is 34.7. The van der Waals surface area contributed by atoms with E-state index >= 15 is 0 Å². The molecule has 0 aromatic heterocycles. The third-order valence-electron chi connectivity index (χ3n) is 8.77. The zero-order valence-corrected chi connectivity index (χ0v) is 36.5. The highest BCUT2D eigenvalue weighted by molar-refractivity contribution is 7.47. The van der Waals surface area contributed by atoms with Crippen LogP contribution in [0.15, 0.2) is 48.6 Å². The summed E-state index contributed by atoms with van der Waals surface area (Å²) >= 11 is 0. The van der Waals surface area contributed by atoms with Crippen LogP contribution in [-0.4, -0.2) is 81.6 Å². The lowest BCUT2D eigenvalue weighted by Gasteiger charge is -2.20. The maximum absolute atomic E-state index is 12.6. The van der Waals surface area contributed by atoms with Gasteiger partial charge < -0.3 is 34.4 Å². The summed E-state index contributed by atoms with van der Waals surface area (Å²) in [6, 6.07) is 0. The Morgan fingerprint density at radius 1 is 0.579 bits per heavy atom. The number of carbonyl (C=O) groups is 2. The molecule has 0 amide bonds. The van der Waals surface area contributed by atoms with Gasteiger partial charge in [0.15, 0.2) is 6.10 Å². The Hall–Kier alpha value is -1.96. The number of esters is 2. The summed E-state index contributed by atoms with van der Waals surface area (Å²) in [7, 11) is -9.69. The van der Waals surface area contributed by atoms with Crippen LogP contribution in [0, 0.1) is 5.92 Å². The molecule has 2 unspecified atom stereocenters. The van der Waals surface area contributed by atoms with Gasteiger partial charge in [-0.3, -0.25) is 23.2 Å². The lowest BCUT2D eigenvalue weighted by Crippen LogP contribution is -2.30. The Balaban J connectivity index is 4.63. The highest BCUT2D eigenvalue weighted by atomic mass is 31.2. The lowest BCUT2D eigenvalue weighted by atomic mass is 9.99. The largest absolute Gasteiger partial charge is 0.472 e. The van der Waals surface area contributed by atoms with Crippen LogP contribution >= 0.6 is 15.6 Å². The number of ether oxygens (including phenoxy) is 2. The molecule has 0 bridgehead atoms. The molecule has 0 saturated carbocycles. The molecule has 0 aromatic rings. The van der Waals surface area contributed by atoms with Gasteiger partial charge in [0.1, 0.15) is 12.7 Å². The van der Waals surface area contributed by atoms with Gasteiger partial charge in [-0.1, -0.05) is 120 Å². The number of hydrogen-bond donors (Lipinski definition) is 5. The number of rotatable bonds is 38. The molecule has 332 valence electrons. The van der Waals surface area contributed by atoms with Gasteiger partial charge in [-0.15, -0.1) is 0 Å². The average molecular weight is 853 g/mol. The number of aliphatic hydroxyl groups is 2. The van der Waals surface area contributed by atoms with E-state index < -0.39 is 66.2 Å². The summed E-state index contributed by atoms with van der Waals surface area (Å²) in [5.74, 6) is -0.337. The second-order valence-corrected chi connectivity index (χ2v) is 17.1. The second-order valence-electron chi connectivity index (χ2n) is 14.4. The standard InChI is InChI=1S/C41H74O14P2/c1-4-36(2)28-24-20-16-14-15-19-23-27-31-41(45)55-39(35-54-57(49,50)53-33-38(43)32-52-56(46,47)48)34-51-40(44)30-26-22-18-13-11-9-7-5-6-8-10-12-17-21-25-29-37(3)42/h6-9,12-13,17-18,36-39,42-43H,4-5,10-11,14-16,19-35H2,1-3H3,(H,49,50)(H2,46,47,48)/b8-6-,9-7-,17-12-,18-13-/t36?,37-,38+,39-/m1/s1. The highest BCUT2D eigenvalue weighted by Gasteiger charge is 2.28. The van der Waals surface area contributed by atoms with Gasteiger partial charge in [-0.05, 0) is 70.6 Å². The van der Waals surface area contributed by atoms with Gasteiger partial charge in [0, 0.05) is 12.8 Å². The first kappa shape index (κ1) is 55.0. The van der Waals surface area contributed by atoms with Crippen molar-refractivity contribution in [2.24, 2.45) is 5.92 Å². The fourth-order valence-electron chi connectivity index (χ4n) is 5.22. The Bertz CT molecular complexity index is 1230. The Kier molecular flexibility index (Phi) is 34.7. The second kappa shape index (κ2) is 35.9. The van der Waals surface area contributed by atoms with Crippen LogP contribution in [0.5, 0.6) is 0 Å². The van der Waals surface area contributed by atoms with Crippen molar-refractivity contribution in [3.05, 3.63) is 48.6 Å². The lowest BCUT2D eigenvalue weighted by molar-refractivity contribution is -0.161. The number of unbranched alkanes of at least 4 members (excludes halogenated alkanes) is 9. The van der Waals surface area contributed by atoms with Crippen LogP contribution < -0.4 is 0 Å². The van der Waals surface area contributed by atoms with E-state index in [1.807, 2.05) is 12.2 Å². The van der Waals surface area contributed by atoms with E-state index in [0.717, 1.165) is 70.1 Å². The fourth-order valence-corrected chi connectivity index (χ4v) is 6.37. The molecule has 0 fully saturated rings. The van der Waals surface area contributed by atoms with Gasteiger partial charge in [0.05, 0.1) is 25.9 Å². The summed E-state index contributed by atoms with van der Waals surface area (Å²) in [5, 5.41) is 19.0. The van der Waals surface area contributed by atoms with Gasteiger partial charge in [-0.2, -0.15) is 0 Å². The molecule has 0 aliphatic carbocycles. The van der Waals surface area contributed by atoms with Gasteiger partial charge >= 0.3 is 27.6 Å². The zero-order chi connectivity index (χ0) is 42.6. The smallest absolute Gasteiger partial charge is 0.462 e. The highest BCUT2D eigenvalue weighted by Crippen LogP contribution is 2.43. The van der Waals surface area contributed by atoms with Gasteiger partial charge in [-0.25, -0.2) is 9.13 Å². The van der Waals surface area contributed by atoms with Crippen LogP contribution in [0.3, 0.4) is 0 Å². The molecule has 0 heterocycles. The molecule has 0 saturated heterocycles. The molecular weight excluding hydrogens is 778 g/mol. The number of hydrogen-bond acceptors (Lipinski definition) is 11. The van der Waals surface area contributed by atoms with Crippen LogP contribution in [0.2, 0.25) is 0 Å². The maximum Gasteiger partial charge on any atom is 0.472 e. The van der Waals surface area contributed by atoms with Crippen LogP contribution in [0.25, 0.3) is 0 Å². The summed E-state index contributed by atoms with van der Waals surface area (Å²) in [6.07, 6.45) is 31.2. The summed E-state index contributed by atoms with van der Waals surface area (Å²) in [4.78, 5) is 52.5. The summed E-state index contributed by atoms with van der Waals surface area (Å²) in [6.45, 7) is 3.52. The van der Waals surface area contributed by atoms with Gasteiger partial charge in [0.25, 0.3) is 0 Å². The molecule has 0 radical (unpaired) electrons. The first-order valence-electron chi connectivity index (χ1n) is 20.8.